The molecular formula is C11H12ClN3S. The maximum atomic E-state index is 5.96. The molecule has 0 radical (unpaired) electrons. The summed E-state index contributed by atoms with van der Waals surface area (Å²) in [5.41, 5.74) is 1.04. The Kier molecular flexibility index (Phi) is 2.69. The van der Waals surface area contributed by atoms with Crippen LogP contribution < -0.4 is 10.0 Å². The second kappa shape index (κ2) is 4.18. The Balaban J connectivity index is 1.81. The summed E-state index contributed by atoms with van der Waals surface area (Å²) in [6, 6.07) is 6.32. The van der Waals surface area contributed by atoms with Crippen LogP contribution in [-0.4, -0.2) is 12.0 Å². The molecule has 16 heavy (non-hydrogen) atoms. The Morgan fingerprint density at radius 1 is 1.38 bits per heavy atom. The number of aliphatic imine (C=N–C) groups is 1. The van der Waals surface area contributed by atoms with Gasteiger partial charge in [0.1, 0.15) is 0 Å². The van der Waals surface area contributed by atoms with Crippen molar-refractivity contribution in [2.45, 2.75) is 30.2 Å². The predicted octanol–water partition coefficient (Wildman–Crippen LogP) is 3.27. The van der Waals surface area contributed by atoms with E-state index in [1.165, 1.54) is 19.3 Å². The van der Waals surface area contributed by atoms with Gasteiger partial charge in [0, 0.05) is 5.02 Å². The average molecular weight is 254 g/mol. The minimum absolute atomic E-state index is 0.497. The summed E-state index contributed by atoms with van der Waals surface area (Å²) in [6.45, 7) is 0. The van der Waals surface area contributed by atoms with E-state index in [2.05, 4.69) is 15.0 Å². The molecule has 1 heterocycles. The molecule has 2 aliphatic rings. The minimum Gasteiger partial charge on any atom is -0.325 e. The van der Waals surface area contributed by atoms with E-state index < -0.39 is 0 Å². The van der Waals surface area contributed by atoms with Crippen molar-refractivity contribution < 1.29 is 0 Å². The molecule has 3 rings (SSSR count). The second-order valence-electron chi connectivity index (χ2n) is 4.03. The first-order chi connectivity index (χ1) is 7.81. The molecule has 3 nitrogen and oxygen atoms in total. The fourth-order valence-electron chi connectivity index (χ4n) is 1.70. The van der Waals surface area contributed by atoms with E-state index in [1.54, 1.807) is 11.9 Å². The van der Waals surface area contributed by atoms with E-state index in [0.29, 0.717) is 6.04 Å². The van der Waals surface area contributed by atoms with Gasteiger partial charge in [-0.15, -0.1) is 0 Å². The van der Waals surface area contributed by atoms with Crippen molar-refractivity contribution in [2.75, 3.05) is 5.32 Å². The van der Waals surface area contributed by atoms with Crippen molar-refractivity contribution in [3.63, 3.8) is 0 Å². The standard InChI is InChI=1S/C11H12ClN3S/c12-7-4-5-10-9(6-7)14-11(15-16-10)13-8-2-1-3-8/h4-6,8H,1-3H2,(H2,13,14,15). The Morgan fingerprint density at radius 3 is 3.00 bits per heavy atom. The summed E-state index contributed by atoms with van der Waals surface area (Å²) in [5.74, 6) is 0.851. The van der Waals surface area contributed by atoms with Crippen LogP contribution in [0, 0.1) is 0 Å². The lowest BCUT2D eigenvalue weighted by molar-refractivity contribution is 0.419. The van der Waals surface area contributed by atoms with Crippen molar-refractivity contribution in [1.29, 1.82) is 0 Å². The van der Waals surface area contributed by atoms with Gasteiger partial charge >= 0.3 is 0 Å². The zero-order chi connectivity index (χ0) is 11.0. The Bertz CT molecular complexity index is 443. The van der Waals surface area contributed by atoms with Crippen LogP contribution in [0.4, 0.5) is 5.69 Å². The molecule has 1 aliphatic carbocycles. The third-order valence-electron chi connectivity index (χ3n) is 2.84. The first-order valence-electron chi connectivity index (χ1n) is 5.38. The molecule has 0 unspecified atom stereocenters. The number of rotatable bonds is 1. The third kappa shape index (κ3) is 1.99. The quantitative estimate of drug-likeness (QED) is 0.755. The third-order valence-corrected chi connectivity index (χ3v) is 3.95. The Hall–Kier alpha value is -0.870. The van der Waals surface area contributed by atoms with Crippen LogP contribution in [0.15, 0.2) is 28.1 Å². The molecule has 1 aromatic carbocycles. The van der Waals surface area contributed by atoms with Gasteiger partial charge in [0.05, 0.1) is 16.6 Å². The predicted molar refractivity (Wildman–Crippen MR) is 69.1 cm³/mol. The molecule has 2 N–H and O–H groups in total. The topological polar surface area (TPSA) is 36.4 Å². The summed E-state index contributed by atoms with van der Waals surface area (Å²) >= 11 is 7.54. The number of benzene rings is 1. The maximum absolute atomic E-state index is 5.96. The number of fused-ring (bicyclic) bond motifs is 1. The van der Waals surface area contributed by atoms with Crippen LogP contribution in [0.1, 0.15) is 19.3 Å². The second-order valence-corrected chi connectivity index (χ2v) is 5.32. The van der Waals surface area contributed by atoms with E-state index >= 15 is 0 Å². The molecule has 1 aromatic rings. The van der Waals surface area contributed by atoms with Gasteiger partial charge in [0.25, 0.3) is 0 Å². The van der Waals surface area contributed by atoms with Gasteiger partial charge in [-0.3, -0.25) is 4.72 Å². The van der Waals surface area contributed by atoms with E-state index in [1.807, 2.05) is 18.2 Å². The molecule has 0 saturated heterocycles. The fourth-order valence-corrected chi connectivity index (χ4v) is 2.54. The highest BCUT2D eigenvalue weighted by Crippen LogP contribution is 2.31. The molecule has 0 bridgehead atoms. The van der Waals surface area contributed by atoms with Gasteiger partial charge in [-0.1, -0.05) is 11.6 Å². The van der Waals surface area contributed by atoms with Gasteiger partial charge < -0.3 is 5.32 Å². The van der Waals surface area contributed by atoms with Crippen molar-refractivity contribution in [2.24, 2.45) is 4.99 Å². The lowest BCUT2D eigenvalue weighted by atomic mass is 9.94. The lowest BCUT2D eigenvalue weighted by Gasteiger charge is -2.25. The number of guanidine groups is 1. The van der Waals surface area contributed by atoms with Crippen molar-refractivity contribution in [1.82, 2.24) is 4.72 Å². The summed E-state index contributed by atoms with van der Waals surface area (Å²) in [4.78, 5) is 5.75. The molecule has 0 atom stereocenters. The molecule has 5 heteroatoms. The van der Waals surface area contributed by atoms with E-state index in [9.17, 15) is 0 Å². The van der Waals surface area contributed by atoms with Gasteiger partial charge in [-0.05, 0) is 49.4 Å². The van der Waals surface area contributed by atoms with Crippen LogP contribution in [0.2, 0.25) is 5.02 Å². The van der Waals surface area contributed by atoms with Crippen LogP contribution in [0.25, 0.3) is 0 Å². The van der Waals surface area contributed by atoms with Crippen molar-refractivity contribution >= 4 is 35.2 Å². The minimum atomic E-state index is 0.497. The maximum Gasteiger partial charge on any atom is 0.206 e. The van der Waals surface area contributed by atoms with Gasteiger partial charge in [0.2, 0.25) is 5.96 Å². The molecule has 1 saturated carbocycles. The first kappa shape index (κ1) is 10.3. The zero-order valence-electron chi connectivity index (χ0n) is 8.66. The van der Waals surface area contributed by atoms with Gasteiger partial charge in [-0.2, -0.15) is 0 Å². The molecule has 0 spiro atoms. The fraction of sp³-hybridized carbons (Fsp3) is 0.364. The molecule has 84 valence electrons. The van der Waals surface area contributed by atoms with Gasteiger partial charge in [0.15, 0.2) is 0 Å². The number of nitrogens with one attached hydrogen (secondary N) is 2. The van der Waals surface area contributed by atoms with Crippen LogP contribution in [-0.2, 0) is 0 Å². The highest BCUT2D eigenvalue weighted by molar-refractivity contribution is 7.98. The van der Waals surface area contributed by atoms with Gasteiger partial charge in [-0.25, -0.2) is 4.99 Å². The summed E-state index contributed by atoms with van der Waals surface area (Å²) in [6.07, 6.45) is 3.72. The van der Waals surface area contributed by atoms with E-state index in [4.69, 9.17) is 11.6 Å². The Morgan fingerprint density at radius 2 is 2.25 bits per heavy atom. The highest BCUT2D eigenvalue weighted by Gasteiger charge is 2.19. The Labute approximate surface area is 104 Å². The number of halogens is 1. The number of hydrogen-bond acceptors (Lipinski definition) is 2. The molecule has 0 aromatic heterocycles. The summed E-state index contributed by atoms with van der Waals surface area (Å²) in [7, 11) is 0. The number of anilines is 1. The van der Waals surface area contributed by atoms with Crippen molar-refractivity contribution in [3.05, 3.63) is 23.2 Å². The van der Waals surface area contributed by atoms with Crippen LogP contribution in [0.3, 0.4) is 0 Å². The molecule has 1 aliphatic heterocycles. The SMILES string of the molecule is Clc1ccc2c(c1)NC(=NC1CCC1)NS2. The summed E-state index contributed by atoms with van der Waals surface area (Å²) < 4.78 is 3.21. The molecule has 0 amide bonds. The number of nitrogens with zero attached hydrogens (tertiary/aromatic N) is 1. The van der Waals surface area contributed by atoms with Crippen LogP contribution >= 0.6 is 23.5 Å². The van der Waals surface area contributed by atoms with Crippen molar-refractivity contribution in [3.8, 4) is 0 Å². The lowest BCUT2D eigenvalue weighted by Crippen LogP contribution is -2.32. The zero-order valence-corrected chi connectivity index (χ0v) is 10.2. The highest BCUT2D eigenvalue weighted by atomic mass is 35.5. The normalized spacial score (nSPS) is 21.9. The largest absolute Gasteiger partial charge is 0.325 e. The average Bonchev–Trinajstić information content (AvgIpc) is 2.23. The molecular weight excluding hydrogens is 242 g/mol. The summed E-state index contributed by atoms with van der Waals surface area (Å²) in [5, 5.41) is 4.02. The monoisotopic (exact) mass is 253 g/mol. The smallest absolute Gasteiger partial charge is 0.206 e. The number of hydrogen-bond donors (Lipinski definition) is 2. The van der Waals surface area contributed by atoms with E-state index in [0.717, 1.165) is 21.6 Å². The van der Waals surface area contributed by atoms with Crippen LogP contribution in [0.5, 0.6) is 0 Å². The first-order valence-corrected chi connectivity index (χ1v) is 6.58. The van der Waals surface area contributed by atoms with E-state index in [-0.39, 0.29) is 0 Å². The molecule has 1 fully saturated rings.